The van der Waals surface area contributed by atoms with Gasteiger partial charge in [0.15, 0.2) is 11.3 Å². The summed E-state index contributed by atoms with van der Waals surface area (Å²) in [7, 11) is 0. The molecule has 554 valence electrons. The predicted molar refractivity (Wildman–Crippen MR) is 427 cm³/mol. The number of hydrogen-bond donors (Lipinski definition) is 3. The third-order valence-corrected chi connectivity index (χ3v) is 16.2. The van der Waals surface area contributed by atoms with E-state index in [9.17, 15) is 4.79 Å². The second-order valence-corrected chi connectivity index (χ2v) is 24.0. The van der Waals surface area contributed by atoms with Crippen LogP contribution in [-0.4, -0.2) is 164 Å². The number of hydrogen-bond acceptors (Lipinski definition) is 32. The monoisotopic (exact) mass is 1540 g/mol. The van der Waals surface area contributed by atoms with E-state index in [1.807, 2.05) is 96.4 Å². The summed E-state index contributed by atoms with van der Waals surface area (Å²) in [6.07, 6.45) is 62.6. The smallest absolute Gasteiger partial charge is 0.259 e. The second kappa shape index (κ2) is 45.3. The number of aromatic nitrogens is 28. The summed E-state index contributed by atoms with van der Waals surface area (Å²) < 4.78 is 9.52. The van der Waals surface area contributed by atoms with Crippen molar-refractivity contribution in [1.29, 1.82) is 0 Å². The van der Waals surface area contributed by atoms with E-state index in [-0.39, 0.29) is 5.56 Å². The Bertz CT molecular complexity index is 5200. The van der Waals surface area contributed by atoms with Gasteiger partial charge in [-0.3, -0.25) is 84.7 Å². The van der Waals surface area contributed by atoms with Crippen molar-refractivity contribution in [1.82, 2.24) is 139 Å². The van der Waals surface area contributed by atoms with Gasteiger partial charge in [-0.1, -0.05) is 35.6 Å². The van der Waals surface area contributed by atoms with Crippen LogP contribution < -0.4 is 5.56 Å². The highest BCUT2D eigenvalue weighted by atomic mass is 32.1. The number of imidazole rings is 1. The van der Waals surface area contributed by atoms with Crippen molar-refractivity contribution in [3.63, 3.8) is 0 Å². The third kappa shape index (κ3) is 26.1. The largest absolute Gasteiger partial charge is 0.445 e. The number of aliphatic imine (C=N–C) groups is 4. The lowest BCUT2D eigenvalue weighted by Crippen LogP contribution is -2.12. The number of nitrogens with one attached hydrogen (secondary N) is 3. The SMILES string of the molecule is C1=Cc2nccnc2C1.C1=NCc2cccnc21.C1=NCc2ncccc21.C1=NCc2nccnc21.O=c1[nH]cnc2c1C=NC2.c1cc2occn2n1.c1ccncc1.c1cn2ncsc2n1.c1cnc2[nH]ccc2n1.c1cnc2[nH]ncc2n1.c1cnccn1.c1cncnc1.c1cscn1.c1ncc2sccc2n1. The normalized spacial score (nSPS) is 11.2. The van der Waals surface area contributed by atoms with Crippen molar-refractivity contribution in [3.05, 3.63) is 348 Å². The molecule has 0 fully saturated rings. The van der Waals surface area contributed by atoms with Crippen molar-refractivity contribution < 1.29 is 4.42 Å². The number of fused-ring (bicyclic) bond motifs is 10. The van der Waals surface area contributed by atoms with Gasteiger partial charge in [-0.05, 0) is 53.9 Å². The lowest BCUT2D eigenvalue weighted by molar-refractivity contribution is 0.606. The zero-order valence-corrected chi connectivity index (χ0v) is 61.4. The topological polar surface area (TPSA) is 432 Å². The van der Waals surface area contributed by atoms with Gasteiger partial charge in [0.05, 0.1) is 113 Å². The highest BCUT2D eigenvalue weighted by Crippen LogP contribution is 2.16. The molecule has 0 unspecified atom stereocenters. The Hall–Kier alpha value is -15.2. The number of nitrogens with zero attached hydrogens (tertiary/aromatic N) is 29. The lowest BCUT2D eigenvalue weighted by Gasteiger charge is -1.91. The van der Waals surface area contributed by atoms with Gasteiger partial charge in [-0.2, -0.15) is 15.3 Å². The number of aromatic amines is 3. The van der Waals surface area contributed by atoms with Crippen molar-refractivity contribution >= 4 is 108 Å². The molecule has 0 spiro atoms. The zero-order chi connectivity index (χ0) is 76.8. The molecule has 0 saturated heterocycles. The maximum atomic E-state index is 10.9. The van der Waals surface area contributed by atoms with E-state index in [0.717, 1.165) is 108 Å². The molecule has 23 heterocycles. The fourth-order valence-electron chi connectivity index (χ4n) is 8.99. The lowest BCUT2D eigenvalue weighted by atomic mass is 10.2. The van der Waals surface area contributed by atoms with E-state index < -0.39 is 0 Å². The van der Waals surface area contributed by atoms with Crippen LogP contribution in [0.3, 0.4) is 0 Å². The molecule has 4 aliphatic heterocycles. The van der Waals surface area contributed by atoms with E-state index in [4.69, 9.17) is 4.42 Å². The van der Waals surface area contributed by atoms with Crippen LogP contribution in [0.2, 0.25) is 0 Å². The Morgan fingerprint density at radius 2 is 1.14 bits per heavy atom. The molecule has 0 amide bonds. The highest BCUT2D eigenvalue weighted by Gasteiger charge is 2.10. The second-order valence-electron chi connectivity index (χ2n) is 21.5. The first kappa shape index (κ1) is 77.8. The molecule has 1 aliphatic carbocycles. The van der Waals surface area contributed by atoms with Crippen molar-refractivity contribution in [2.24, 2.45) is 20.0 Å². The minimum absolute atomic E-state index is 0.105. The predicted octanol–water partition coefficient (Wildman–Crippen LogP) is 11.1. The molecule has 24 rings (SSSR count). The summed E-state index contributed by atoms with van der Waals surface area (Å²) in [5.41, 5.74) is 18.5. The Labute approximate surface area is 648 Å². The molecule has 0 atom stereocenters. The number of rotatable bonds is 0. The Morgan fingerprint density at radius 3 is 1.84 bits per heavy atom. The number of allylic oxidation sites excluding steroid dienone is 1. The van der Waals surface area contributed by atoms with Crippen LogP contribution in [0.5, 0.6) is 0 Å². The van der Waals surface area contributed by atoms with Crippen LogP contribution in [0, 0.1) is 0 Å². The van der Waals surface area contributed by atoms with Crippen LogP contribution in [0.1, 0.15) is 56.5 Å². The minimum atomic E-state index is -0.105. The van der Waals surface area contributed by atoms with E-state index in [2.05, 4.69) is 162 Å². The van der Waals surface area contributed by atoms with Crippen LogP contribution in [0.15, 0.2) is 310 Å². The molecule has 19 aromatic heterocycles. The Balaban J connectivity index is 0.000000120. The molecule has 34 nitrogen and oxygen atoms in total. The summed E-state index contributed by atoms with van der Waals surface area (Å²) in [5, 5.41) is 18.2. The zero-order valence-electron chi connectivity index (χ0n) is 59.0. The number of oxazole rings is 1. The van der Waals surface area contributed by atoms with Crippen molar-refractivity contribution in [2.45, 2.75) is 32.6 Å². The fraction of sp³-hybridized carbons (Fsp3) is 0.0667. The van der Waals surface area contributed by atoms with Crippen LogP contribution in [0.4, 0.5) is 0 Å². The molecular formula is C75H64N32O2S3. The molecule has 3 N–H and O–H groups in total. The van der Waals surface area contributed by atoms with Crippen LogP contribution in [0.25, 0.3) is 49.3 Å². The van der Waals surface area contributed by atoms with Gasteiger partial charge in [0.2, 0.25) is 10.7 Å². The van der Waals surface area contributed by atoms with Crippen molar-refractivity contribution in [2.75, 3.05) is 0 Å². The van der Waals surface area contributed by atoms with Gasteiger partial charge in [0.1, 0.15) is 41.2 Å². The van der Waals surface area contributed by atoms with Crippen LogP contribution in [-0.2, 0) is 32.6 Å². The average molecular weight is 1540 g/mol. The molecule has 0 radical (unpaired) electrons. The first-order valence-electron chi connectivity index (χ1n) is 33.4. The molecule has 37 heteroatoms. The van der Waals surface area contributed by atoms with Gasteiger partial charge in [0.25, 0.3) is 5.56 Å². The number of pyridine rings is 3. The molecule has 19 aromatic rings. The summed E-state index contributed by atoms with van der Waals surface area (Å²) in [5.74, 6) is 0. The first-order chi connectivity index (χ1) is 55.6. The van der Waals surface area contributed by atoms with Gasteiger partial charge in [-0.25, -0.2) is 53.9 Å². The quantitative estimate of drug-likeness (QED) is 0.127. The summed E-state index contributed by atoms with van der Waals surface area (Å²) >= 11 is 4.80. The molecule has 0 aromatic carbocycles. The standard InChI is InChI=1S/3C7H6N2.C6H5N3O.2C6H5N3.C6H4N2S.C5H4N4.C5H4N2O.C5H5N.C4H3N3S.2C4H4N2.C3H3NS/c2*1-2-6-4-8-5-7(6)9-3-1;1-2-6-7(3-1)9-5-4-8-6;10-6-4-1-7-2-5(4)8-3-9-6;1-2-9-6-4-7-3-5(6)8-1;1-2-8-6-5(1)7-3-4-9-6;1-2-9-6-3-7-4-8-5(1)6;1-2-7-5-4(6-1)3-8-9-5;1-2-6-7-3-4-8-5(1)7;1-2-4-6-5-3-1;1-2-7-4(5-1)8-3-6-7;1-2-6-4-3-5-1;1-2-5-4-6-3-1;1-2-5-3-4-1/h1-3,5H,4H2;1-4H,5H2;1-2,4-5H,3H2;1,3H,2H2,(H,8,9,10);1-3H,4H2;1-4H,(H,8,9);1-4H;1-3H,(H,7,8,9);1-4H;1-5H;1-3H;2*1-4H;1-3H. The van der Waals surface area contributed by atoms with Gasteiger partial charge in [0, 0.05) is 190 Å². The number of H-pyrrole nitrogens is 3. The fourth-order valence-corrected chi connectivity index (χ4v) is 10.6. The maximum absolute atomic E-state index is 10.9. The third-order valence-electron chi connectivity index (χ3n) is 14.1. The molecule has 0 saturated carbocycles. The molecule has 0 bridgehead atoms. The Kier molecular flexibility index (Phi) is 31.5. The molecular weight excluding hydrogens is 1480 g/mol. The van der Waals surface area contributed by atoms with E-state index in [1.165, 1.54) is 29.6 Å². The summed E-state index contributed by atoms with van der Waals surface area (Å²) in [6, 6.07) is 21.1. The maximum Gasteiger partial charge on any atom is 0.259 e. The van der Waals surface area contributed by atoms with E-state index in [1.54, 1.807) is 222 Å². The first-order valence-corrected chi connectivity index (χ1v) is 36.1. The van der Waals surface area contributed by atoms with Crippen molar-refractivity contribution in [3.8, 4) is 0 Å². The highest BCUT2D eigenvalue weighted by molar-refractivity contribution is 7.17. The number of thiophene rings is 1. The van der Waals surface area contributed by atoms with Crippen LogP contribution >= 0.6 is 34.0 Å². The number of thiazole rings is 1. The van der Waals surface area contributed by atoms with E-state index >= 15 is 0 Å². The van der Waals surface area contributed by atoms with Gasteiger partial charge < -0.3 is 14.4 Å². The summed E-state index contributed by atoms with van der Waals surface area (Å²) in [6.45, 7) is 2.81. The molecule has 5 aliphatic rings. The molecule has 112 heavy (non-hydrogen) atoms. The van der Waals surface area contributed by atoms with E-state index in [0.29, 0.717) is 18.7 Å². The minimum Gasteiger partial charge on any atom is -0.445 e. The Morgan fingerprint density at radius 1 is 0.429 bits per heavy atom. The average Bonchev–Trinajstić information content (AvgIpc) is 1.70. The van der Waals surface area contributed by atoms with Gasteiger partial charge >= 0.3 is 0 Å². The summed E-state index contributed by atoms with van der Waals surface area (Å²) in [4.78, 5) is 112. The van der Waals surface area contributed by atoms with Gasteiger partial charge in [-0.15, -0.1) is 22.7 Å².